The molecule has 13 heavy (non-hydrogen) atoms. The summed E-state index contributed by atoms with van der Waals surface area (Å²) in [6.45, 7) is 0. The second kappa shape index (κ2) is 3.41. The smallest absolute Gasteiger partial charge is 0.167 e. The third kappa shape index (κ3) is 1.55. The van der Waals surface area contributed by atoms with Gasteiger partial charge in [0.25, 0.3) is 0 Å². The summed E-state index contributed by atoms with van der Waals surface area (Å²) in [5.74, 6) is 2.55. The summed E-state index contributed by atoms with van der Waals surface area (Å²) < 4.78 is 1.17. The van der Waals surface area contributed by atoms with E-state index in [0.29, 0.717) is 0 Å². The Morgan fingerprint density at radius 2 is 2.38 bits per heavy atom. The van der Waals surface area contributed by atoms with Crippen LogP contribution in [0.3, 0.4) is 0 Å². The van der Waals surface area contributed by atoms with E-state index in [2.05, 4.69) is 29.3 Å². The van der Waals surface area contributed by atoms with Crippen LogP contribution in [-0.2, 0) is 0 Å². The van der Waals surface area contributed by atoms with Gasteiger partial charge in [0.15, 0.2) is 5.01 Å². The molecule has 0 saturated heterocycles. The van der Waals surface area contributed by atoms with Gasteiger partial charge in [0.1, 0.15) is 0 Å². The molecule has 3 heteroatoms. The molecule has 0 N–H and O–H groups in total. The maximum atomic E-state index is 5.28. The van der Waals surface area contributed by atoms with Gasteiger partial charge < -0.3 is 0 Å². The fourth-order valence-electron chi connectivity index (χ4n) is 1.09. The van der Waals surface area contributed by atoms with Crippen LogP contribution in [-0.4, -0.2) is 11.2 Å². The molecule has 2 aromatic rings. The van der Waals surface area contributed by atoms with Crippen molar-refractivity contribution in [3.05, 3.63) is 23.2 Å². The monoisotopic (exact) mass is 205 g/mol. The number of benzene rings is 1. The number of thiazole rings is 1. The average Bonchev–Trinajstić information content (AvgIpc) is 2.58. The Morgan fingerprint density at radius 1 is 1.54 bits per heavy atom. The van der Waals surface area contributed by atoms with Gasteiger partial charge in [-0.15, -0.1) is 29.5 Å². The zero-order valence-corrected chi connectivity index (χ0v) is 8.71. The fourth-order valence-corrected chi connectivity index (χ4v) is 2.42. The second-order valence-corrected chi connectivity index (χ2v) is 4.41. The minimum absolute atomic E-state index is 0.758. The van der Waals surface area contributed by atoms with Gasteiger partial charge in [-0.1, -0.05) is 0 Å². The van der Waals surface area contributed by atoms with Crippen LogP contribution >= 0.6 is 23.1 Å². The molecule has 0 amide bonds. The summed E-state index contributed by atoms with van der Waals surface area (Å²) in [4.78, 5) is 5.53. The molecule has 1 aromatic carbocycles. The third-order valence-corrected chi connectivity index (χ3v) is 3.39. The van der Waals surface area contributed by atoms with E-state index in [4.69, 9.17) is 6.42 Å². The van der Waals surface area contributed by atoms with Crippen LogP contribution in [0.4, 0.5) is 0 Å². The first-order valence-corrected chi connectivity index (χ1v) is 5.79. The first-order valence-electron chi connectivity index (χ1n) is 3.74. The number of aromatic nitrogens is 1. The van der Waals surface area contributed by atoms with Gasteiger partial charge in [-0.2, -0.15) is 0 Å². The quantitative estimate of drug-likeness (QED) is 0.524. The minimum Gasteiger partial charge on any atom is -0.228 e. The van der Waals surface area contributed by atoms with Crippen molar-refractivity contribution in [2.75, 3.05) is 6.26 Å². The molecule has 0 spiro atoms. The lowest BCUT2D eigenvalue weighted by Crippen LogP contribution is -1.70. The van der Waals surface area contributed by atoms with E-state index in [1.807, 2.05) is 6.07 Å². The predicted molar refractivity (Wildman–Crippen MR) is 59.3 cm³/mol. The number of terminal acetylenes is 1. The molecule has 0 fully saturated rings. The molecular weight excluding hydrogens is 198 g/mol. The van der Waals surface area contributed by atoms with E-state index >= 15 is 0 Å². The number of nitrogens with zero attached hydrogens (tertiary/aromatic N) is 1. The Morgan fingerprint density at radius 3 is 3.08 bits per heavy atom. The van der Waals surface area contributed by atoms with Crippen LogP contribution in [0.1, 0.15) is 5.01 Å². The molecule has 0 aliphatic heterocycles. The molecule has 1 aromatic heterocycles. The Balaban J connectivity index is 2.65. The van der Waals surface area contributed by atoms with Gasteiger partial charge >= 0.3 is 0 Å². The molecule has 0 aliphatic carbocycles. The van der Waals surface area contributed by atoms with E-state index in [9.17, 15) is 0 Å². The lowest BCUT2D eigenvalue weighted by atomic mass is 10.3. The number of thioether (sulfide) groups is 1. The van der Waals surface area contributed by atoms with Gasteiger partial charge in [0.05, 0.1) is 10.2 Å². The molecule has 0 radical (unpaired) electrons. The zero-order chi connectivity index (χ0) is 9.26. The van der Waals surface area contributed by atoms with E-state index in [-0.39, 0.29) is 0 Å². The number of rotatable bonds is 1. The van der Waals surface area contributed by atoms with Crippen molar-refractivity contribution >= 4 is 33.3 Å². The Kier molecular flexibility index (Phi) is 2.26. The highest BCUT2D eigenvalue weighted by Gasteiger charge is 2.01. The van der Waals surface area contributed by atoms with Gasteiger partial charge in [0, 0.05) is 4.90 Å². The minimum atomic E-state index is 0.758. The summed E-state index contributed by atoms with van der Waals surface area (Å²) in [5.41, 5.74) is 0.996. The maximum Gasteiger partial charge on any atom is 0.167 e. The summed E-state index contributed by atoms with van der Waals surface area (Å²) in [5, 5.41) is 0.758. The zero-order valence-electron chi connectivity index (χ0n) is 7.07. The molecule has 1 heterocycles. The van der Waals surface area contributed by atoms with Gasteiger partial charge in [-0.3, -0.25) is 0 Å². The highest BCUT2D eigenvalue weighted by molar-refractivity contribution is 7.98. The maximum absolute atomic E-state index is 5.28. The third-order valence-electron chi connectivity index (χ3n) is 1.72. The molecule has 2 rings (SSSR count). The topological polar surface area (TPSA) is 12.9 Å². The van der Waals surface area contributed by atoms with Gasteiger partial charge in [-0.25, -0.2) is 4.98 Å². The van der Waals surface area contributed by atoms with E-state index in [1.165, 1.54) is 9.60 Å². The molecule has 64 valence electrons. The van der Waals surface area contributed by atoms with Crippen molar-refractivity contribution < 1.29 is 0 Å². The molecular formula is C10H7NS2. The SMILES string of the molecule is C#Cc1nc2ccc(SC)cc2s1. The summed E-state index contributed by atoms with van der Waals surface area (Å²) in [7, 11) is 0. The first kappa shape index (κ1) is 8.61. The van der Waals surface area contributed by atoms with Crippen LogP contribution < -0.4 is 0 Å². The Hall–Kier alpha value is -0.980. The van der Waals surface area contributed by atoms with Crippen LogP contribution in [0.2, 0.25) is 0 Å². The molecule has 1 nitrogen and oxygen atoms in total. The Bertz CT molecular complexity index is 479. The highest BCUT2D eigenvalue weighted by atomic mass is 32.2. The van der Waals surface area contributed by atoms with Crippen LogP contribution in [0.25, 0.3) is 10.2 Å². The molecule has 0 aliphatic rings. The van der Waals surface area contributed by atoms with Crippen molar-refractivity contribution in [2.45, 2.75) is 4.90 Å². The molecule has 0 bridgehead atoms. The second-order valence-electron chi connectivity index (χ2n) is 2.50. The number of hydrogen-bond acceptors (Lipinski definition) is 3. The predicted octanol–water partition coefficient (Wildman–Crippen LogP) is 3.00. The Labute approximate surface area is 85.2 Å². The lowest BCUT2D eigenvalue weighted by Gasteiger charge is -1.92. The highest BCUT2D eigenvalue weighted by Crippen LogP contribution is 2.26. The van der Waals surface area contributed by atoms with Crippen LogP contribution in [0.15, 0.2) is 23.1 Å². The van der Waals surface area contributed by atoms with E-state index in [0.717, 1.165) is 10.5 Å². The lowest BCUT2D eigenvalue weighted by molar-refractivity contribution is 1.43. The molecule has 0 unspecified atom stereocenters. The largest absolute Gasteiger partial charge is 0.228 e. The van der Waals surface area contributed by atoms with Crippen molar-refractivity contribution in [3.63, 3.8) is 0 Å². The molecule has 0 saturated carbocycles. The van der Waals surface area contributed by atoms with Crippen molar-refractivity contribution in [1.82, 2.24) is 4.98 Å². The van der Waals surface area contributed by atoms with E-state index < -0.39 is 0 Å². The first-order chi connectivity index (χ1) is 6.33. The van der Waals surface area contributed by atoms with E-state index in [1.54, 1.807) is 23.1 Å². The standard InChI is InChI=1S/C10H7NS2/c1-3-10-11-8-5-4-7(12-2)6-9(8)13-10/h1,4-6H,2H3. The fraction of sp³-hybridized carbons (Fsp3) is 0.100. The van der Waals surface area contributed by atoms with Crippen LogP contribution in [0.5, 0.6) is 0 Å². The summed E-state index contributed by atoms with van der Waals surface area (Å²) in [6, 6.07) is 6.20. The summed E-state index contributed by atoms with van der Waals surface area (Å²) >= 11 is 3.29. The normalized spacial score (nSPS) is 10.2. The van der Waals surface area contributed by atoms with Gasteiger partial charge in [0.2, 0.25) is 0 Å². The number of hydrogen-bond donors (Lipinski definition) is 0. The molecule has 0 atom stereocenters. The van der Waals surface area contributed by atoms with Crippen molar-refractivity contribution in [3.8, 4) is 12.3 Å². The average molecular weight is 205 g/mol. The van der Waals surface area contributed by atoms with Gasteiger partial charge in [-0.05, 0) is 30.4 Å². The van der Waals surface area contributed by atoms with Crippen molar-refractivity contribution in [1.29, 1.82) is 0 Å². The van der Waals surface area contributed by atoms with Crippen molar-refractivity contribution in [2.24, 2.45) is 0 Å². The summed E-state index contributed by atoms with van der Waals surface area (Å²) in [6.07, 6.45) is 7.34. The van der Waals surface area contributed by atoms with Crippen LogP contribution in [0, 0.1) is 12.3 Å². The number of fused-ring (bicyclic) bond motifs is 1.